The predicted octanol–water partition coefficient (Wildman–Crippen LogP) is 2.43. The zero-order chi connectivity index (χ0) is 12.0. The van der Waals surface area contributed by atoms with E-state index < -0.39 is 0 Å². The van der Waals surface area contributed by atoms with Crippen LogP contribution in [0.3, 0.4) is 0 Å². The Morgan fingerprint density at radius 3 is 2.88 bits per heavy atom. The lowest BCUT2D eigenvalue weighted by Gasteiger charge is -2.20. The van der Waals surface area contributed by atoms with E-state index in [1.165, 1.54) is 6.07 Å². The quantitative estimate of drug-likeness (QED) is 0.773. The normalized spacial score (nSPS) is 9.81. The first-order chi connectivity index (χ1) is 7.69. The van der Waals surface area contributed by atoms with Crippen LogP contribution in [0.4, 0.5) is 0 Å². The molecule has 16 heavy (non-hydrogen) atoms. The van der Waals surface area contributed by atoms with Crippen molar-refractivity contribution in [3.05, 3.63) is 42.5 Å². The van der Waals surface area contributed by atoms with Crippen LogP contribution in [-0.2, 0) is 0 Å². The summed E-state index contributed by atoms with van der Waals surface area (Å²) >= 11 is 0. The maximum atomic E-state index is 12.0. The highest BCUT2D eigenvalue weighted by molar-refractivity contribution is 5.94. The minimum Gasteiger partial charge on any atom is -0.508 e. The van der Waals surface area contributed by atoms with Gasteiger partial charge in [-0.05, 0) is 24.6 Å². The summed E-state index contributed by atoms with van der Waals surface area (Å²) in [6, 6.07) is 6.40. The van der Waals surface area contributed by atoms with Crippen molar-refractivity contribution in [1.82, 2.24) is 4.90 Å². The number of hydrogen-bond donors (Lipinski definition) is 1. The molecule has 3 heteroatoms. The van der Waals surface area contributed by atoms with Crippen molar-refractivity contribution in [3.8, 4) is 5.75 Å². The highest BCUT2D eigenvalue weighted by atomic mass is 16.3. The van der Waals surface area contributed by atoms with E-state index in [1.807, 2.05) is 6.92 Å². The highest BCUT2D eigenvalue weighted by Gasteiger charge is 2.13. The van der Waals surface area contributed by atoms with Crippen molar-refractivity contribution in [2.75, 3.05) is 13.1 Å². The van der Waals surface area contributed by atoms with Crippen molar-refractivity contribution in [1.29, 1.82) is 0 Å². The SMILES string of the molecule is C=CCN(CCC)C(=O)c1cccc(O)c1. The number of hydrogen-bond acceptors (Lipinski definition) is 2. The largest absolute Gasteiger partial charge is 0.508 e. The average Bonchev–Trinajstić information content (AvgIpc) is 2.28. The van der Waals surface area contributed by atoms with Crippen LogP contribution in [0.1, 0.15) is 23.7 Å². The van der Waals surface area contributed by atoms with Crippen LogP contribution < -0.4 is 0 Å². The third-order valence-electron chi connectivity index (χ3n) is 2.22. The van der Waals surface area contributed by atoms with E-state index in [-0.39, 0.29) is 11.7 Å². The van der Waals surface area contributed by atoms with Crippen LogP contribution in [0.5, 0.6) is 5.75 Å². The molecule has 0 aliphatic heterocycles. The van der Waals surface area contributed by atoms with Gasteiger partial charge >= 0.3 is 0 Å². The zero-order valence-corrected chi connectivity index (χ0v) is 9.52. The van der Waals surface area contributed by atoms with Gasteiger partial charge in [-0.15, -0.1) is 6.58 Å². The van der Waals surface area contributed by atoms with Gasteiger partial charge in [0.2, 0.25) is 0 Å². The molecule has 0 fully saturated rings. The number of nitrogens with zero attached hydrogens (tertiary/aromatic N) is 1. The molecule has 0 unspecified atom stereocenters. The van der Waals surface area contributed by atoms with Gasteiger partial charge in [-0.3, -0.25) is 4.79 Å². The number of rotatable bonds is 5. The minimum atomic E-state index is -0.0716. The van der Waals surface area contributed by atoms with Crippen molar-refractivity contribution >= 4 is 5.91 Å². The monoisotopic (exact) mass is 219 g/mol. The molecule has 0 radical (unpaired) electrons. The number of phenols is 1. The Morgan fingerprint density at radius 2 is 2.31 bits per heavy atom. The number of benzene rings is 1. The van der Waals surface area contributed by atoms with Gasteiger partial charge in [0.15, 0.2) is 0 Å². The van der Waals surface area contributed by atoms with Gasteiger partial charge in [-0.1, -0.05) is 19.1 Å². The fraction of sp³-hybridized carbons (Fsp3) is 0.308. The van der Waals surface area contributed by atoms with Gasteiger partial charge < -0.3 is 10.0 Å². The van der Waals surface area contributed by atoms with Gasteiger partial charge in [-0.25, -0.2) is 0 Å². The van der Waals surface area contributed by atoms with Gasteiger partial charge in [0.1, 0.15) is 5.75 Å². The second kappa shape index (κ2) is 5.95. The zero-order valence-electron chi connectivity index (χ0n) is 9.52. The molecular weight excluding hydrogens is 202 g/mol. The summed E-state index contributed by atoms with van der Waals surface area (Å²) in [5.74, 6) is 0.0403. The molecule has 0 atom stereocenters. The molecule has 1 rings (SSSR count). The lowest BCUT2D eigenvalue weighted by Crippen LogP contribution is -2.31. The smallest absolute Gasteiger partial charge is 0.254 e. The maximum absolute atomic E-state index is 12.0. The molecule has 0 aliphatic rings. The van der Waals surface area contributed by atoms with Crippen LogP contribution in [0.2, 0.25) is 0 Å². The molecule has 0 spiro atoms. The van der Waals surface area contributed by atoms with E-state index in [2.05, 4.69) is 6.58 Å². The highest BCUT2D eigenvalue weighted by Crippen LogP contribution is 2.13. The molecule has 1 aromatic rings. The summed E-state index contributed by atoms with van der Waals surface area (Å²) in [7, 11) is 0. The predicted molar refractivity (Wildman–Crippen MR) is 64.5 cm³/mol. The second-order valence-electron chi connectivity index (χ2n) is 3.59. The van der Waals surface area contributed by atoms with Crippen molar-refractivity contribution in [3.63, 3.8) is 0 Å². The molecule has 1 amide bonds. The Labute approximate surface area is 96.0 Å². The van der Waals surface area contributed by atoms with Crippen LogP contribution in [0.15, 0.2) is 36.9 Å². The van der Waals surface area contributed by atoms with Crippen molar-refractivity contribution < 1.29 is 9.90 Å². The third kappa shape index (κ3) is 3.12. The third-order valence-corrected chi connectivity index (χ3v) is 2.22. The Kier molecular flexibility index (Phi) is 4.58. The minimum absolute atomic E-state index is 0.0716. The summed E-state index contributed by atoms with van der Waals surface area (Å²) in [5.41, 5.74) is 0.510. The van der Waals surface area contributed by atoms with Crippen LogP contribution in [0.25, 0.3) is 0 Å². The van der Waals surface area contributed by atoms with E-state index in [1.54, 1.807) is 29.2 Å². The molecule has 0 aliphatic carbocycles. The molecule has 0 heterocycles. The van der Waals surface area contributed by atoms with E-state index >= 15 is 0 Å². The van der Waals surface area contributed by atoms with Crippen LogP contribution >= 0.6 is 0 Å². The number of aromatic hydroxyl groups is 1. The van der Waals surface area contributed by atoms with Gasteiger partial charge in [-0.2, -0.15) is 0 Å². The molecule has 1 aromatic carbocycles. The fourth-order valence-corrected chi connectivity index (χ4v) is 1.52. The fourth-order valence-electron chi connectivity index (χ4n) is 1.52. The molecule has 0 bridgehead atoms. The topological polar surface area (TPSA) is 40.5 Å². The lowest BCUT2D eigenvalue weighted by molar-refractivity contribution is 0.0773. The molecule has 0 saturated carbocycles. The first-order valence-electron chi connectivity index (χ1n) is 5.38. The summed E-state index contributed by atoms with van der Waals surface area (Å²) in [6.45, 7) is 6.88. The molecule has 86 valence electrons. The number of carbonyl (C=O) groups is 1. The van der Waals surface area contributed by atoms with Crippen molar-refractivity contribution in [2.24, 2.45) is 0 Å². The first kappa shape index (κ1) is 12.3. The number of carbonyl (C=O) groups excluding carboxylic acids is 1. The van der Waals surface area contributed by atoms with E-state index in [0.717, 1.165) is 6.42 Å². The molecule has 0 saturated heterocycles. The van der Waals surface area contributed by atoms with Crippen LogP contribution in [-0.4, -0.2) is 29.0 Å². The summed E-state index contributed by atoms with van der Waals surface area (Å²) < 4.78 is 0. The second-order valence-corrected chi connectivity index (χ2v) is 3.59. The average molecular weight is 219 g/mol. The Bertz CT molecular complexity index is 374. The van der Waals surface area contributed by atoms with Gasteiger partial charge in [0.25, 0.3) is 5.91 Å². The Morgan fingerprint density at radius 1 is 1.56 bits per heavy atom. The number of phenolic OH excluding ortho intramolecular Hbond substituents is 1. The first-order valence-corrected chi connectivity index (χ1v) is 5.38. The van der Waals surface area contributed by atoms with E-state index in [0.29, 0.717) is 18.7 Å². The summed E-state index contributed by atoms with van der Waals surface area (Å²) in [5, 5.41) is 9.31. The Hall–Kier alpha value is -1.77. The summed E-state index contributed by atoms with van der Waals surface area (Å²) in [4.78, 5) is 13.8. The summed E-state index contributed by atoms with van der Waals surface area (Å²) in [6.07, 6.45) is 2.61. The maximum Gasteiger partial charge on any atom is 0.254 e. The molecule has 1 N–H and O–H groups in total. The molecular formula is C13H17NO2. The standard InChI is InChI=1S/C13H17NO2/c1-3-8-14(9-4-2)13(16)11-6-5-7-12(15)10-11/h3,5-7,10,15H,1,4,8-9H2,2H3. The molecule has 3 nitrogen and oxygen atoms in total. The van der Waals surface area contributed by atoms with Gasteiger partial charge in [0, 0.05) is 18.7 Å². The van der Waals surface area contributed by atoms with E-state index in [9.17, 15) is 9.90 Å². The van der Waals surface area contributed by atoms with E-state index in [4.69, 9.17) is 0 Å². The lowest BCUT2D eigenvalue weighted by atomic mass is 10.2. The van der Waals surface area contributed by atoms with Crippen molar-refractivity contribution in [2.45, 2.75) is 13.3 Å². The van der Waals surface area contributed by atoms with Crippen LogP contribution in [0, 0.1) is 0 Å². The Balaban J connectivity index is 2.85. The molecule has 0 aromatic heterocycles. The van der Waals surface area contributed by atoms with Gasteiger partial charge in [0.05, 0.1) is 0 Å². The number of amides is 1.